The number of aryl methyl sites for hydroxylation is 1. The highest BCUT2D eigenvalue weighted by Gasteiger charge is 2.16. The standard InChI is InChI=1S/C21H21FN2O3/c1-14-19(12-15-4-7-18(26-3)13-20(15)23-14)21(25)24(2)10-11-27-17-8-5-16(22)6-9-17/h4-9,12-13H,10-11H2,1-3H3. The minimum atomic E-state index is -0.313. The van der Waals surface area contributed by atoms with Crippen molar-refractivity contribution in [3.05, 3.63) is 65.6 Å². The van der Waals surface area contributed by atoms with E-state index in [1.165, 1.54) is 12.1 Å². The van der Waals surface area contributed by atoms with Gasteiger partial charge in [0.15, 0.2) is 0 Å². The van der Waals surface area contributed by atoms with E-state index >= 15 is 0 Å². The normalized spacial score (nSPS) is 10.7. The molecule has 140 valence electrons. The van der Waals surface area contributed by atoms with Crippen LogP contribution in [0, 0.1) is 12.7 Å². The molecule has 0 saturated heterocycles. The summed E-state index contributed by atoms with van der Waals surface area (Å²) in [7, 11) is 3.32. The average molecular weight is 368 g/mol. The molecule has 1 heterocycles. The van der Waals surface area contributed by atoms with Crippen LogP contribution in [0.5, 0.6) is 11.5 Å². The van der Waals surface area contributed by atoms with E-state index in [9.17, 15) is 9.18 Å². The van der Waals surface area contributed by atoms with Crippen molar-refractivity contribution in [3.8, 4) is 11.5 Å². The molecule has 2 aromatic carbocycles. The van der Waals surface area contributed by atoms with Gasteiger partial charge in [-0.15, -0.1) is 0 Å². The van der Waals surface area contributed by atoms with E-state index < -0.39 is 0 Å². The molecule has 0 atom stereocenters. The molecule has 0 unspecified atom stereocenters. The number of likely N-dealkylation sites (N-methyl/N-ethyl adjacent to an activating group) is 1. The lowest BCUT2D eigenvalue weighted by Gasteiger charge is -2.19. The SMILES string of the molecule is COc1ccc2cc(C(=O)N(C)CCOc3ccc(F)cc3)c(C)nc2c1. The van der Waals surface area contributed by atoms with E-state index in [2.05, 4.69) is 4.98 Å². The zero-order valence-electron chi connectivity index (χ0n) is 15.5. The molecule has 0 saturated carbocycles. The van der Waals surface area contributed by atoms with Gasteiger partial charge >= 0.3 is 0 Å². The highest BCUT2D eigenvalue weighted by Crippen LogP contribution is 2.22. The van der Waals surface area contributed by atoms with Gasteiger partial charge in [0.2, 0.25) is 0 Å². The number of amides is 1. The summed E-state index contributed by atoms with van der Waals surface area (Å²) in [6.07, 6.45) is 0. The summed E-state index contributed by atoms with van der Waals surface area (Å²) < 4.78 is 23.7. The molecule has 0 bridgehead atoms. The number of halogens is 1. The van der Waals surface area contributed by atoms with Gasteiger partial charge in [0.05, 0.1) is 30.4 Å². The number of hydrogen-bond donors (Lipinski definition) is 0. The summed E-state index contributed by atoms with van der Waals surface area (Å²) in [6, 6.07) is 13.2. The first kappa shape index (κ1) is 18.6. The lowest BCUT2D eigenvalue weighted by atomic mass is 10.1. The molecule has 5 nitrogen and oxygen atoms in total. The van der Waals surface area contributed by atoms with Gasteiger partial charge in [-0.2, -0.15) is 0 Å². The van der Waals surface area contributed by atoms with Gasteiger partial charge in [-0.1, -0.05) is 0 Å². The molecular weight excluding hydrogens is 347 g/mol. The van der Waals surface area contributed by atoms with Gasteiger partial charge in [0.1, 0.15) is 23.9 Å². The maximum atomic E-state index is 12.9. The fourth-order valence-electron chi connectivity index (χ4n) is 2.73. The molecule has 1 amide bonds. The van der Waals surface area contributed by atoms with Crippen LogP contribution in [-0.2, 0) is 0 Å². The predicted octanol–water partition coefficient (Wildman–Crippen LogP) is 3.84. The van der Waals surface area contributed by atoms with Crippen LogP contribution in [0.25, 0.3) is 10.9 Å². The number of ether oxygens (including phenoxy) is 2. The Kier molecular flexibility index (Phi) is 5.54. The predicted molar refractivity (Wildman–Crippen MR) is 102 cm³/mol. The quantitative estimate of drug-likeness (QED) is 0.663. The maximum Gasteiger partial charge on any atom is 0.255 e. The average Bonchev–Trinajstić information content (AvgIpc) is 2.67. The number of carbonyl (C=O) groups excluding carboxylic acids is 1. The van der Waals surface area contributed by atoms with E-state index in [1.54, 1.807) is 31.2 Å². The van der Waals surface area contributed by atoms with Crippen LogP contribution < -0.4 is 9.47 Å². The zero-order chi connectivity index (χ0) is 19.4. The van der Waals surface area contributed by atoms with E-state index in [-0.39, 0.29) is 11.7 Å². The molecule has 3 aromatic rings. The summed E-state index contributed by atoms with van der Waals surface area (Å²) in [4.78, 5) is 18.9. The molecule has 0 N–H and O–H groups in total. The molecule has 0 aliphatic carbocycles. The Labute approximate surface area is 157 Å². The number of pyridine rings is 1. The van der Waals surface area contributed by atoms with Crippen molar-refractivity contribution in [1.82, 2.24) is 9.88 Å². The smallest absolute Gasteiger partial charge is 0.255 e. The Morgan fingerprint density at radius 2 is 1.81 bits per heavy atom. The number of carbonyl (C=O) groups is 1. The van der Waals surface area contributed by atoms with Crippen LogP contribution in [-0.4, -0.2) is 43.1 Å². The third-order valence-electron chi connectivity index (χ3n) is 4.30. The Hall–Kier alpha value is -3.15. The summed E-state index contributed by atoms with van der Waals surface area (Å²) in [5.74, 6) is 0.852. The van der Waals surface area contributed by atoms with Crippen LogP contribution in [0.1, 0.15) is 16.1 Å². The highest BCUT2D eigenvalue weighted by molar-refractivity contribution is 5.98. The third-order valence-corrected chi connectivity index (χ3v) is 4.30. The monoisotopic (exact) mass is 368 g/mol. The summed E-state index contributed by atoms with van der Waals surface area (Å²) in [5, 5.41) is 0.876. The Bertz CT molecular complexity index is 958. The Balaban J connectivity index is 1.68. The number of benzene rings is 2. The first-order chi connectivity index (χ1) is 13.0. The van der Waals surface area contributed by atoms with Gasteiger partial charge < -0.3 is 14.4 Å². The van der Waals surface area contributed by atoms with E-state index in [0.717, 1.165) is 16.7 Å². The Morgan fingerprint density at radius 1 is 1.11 bits per heavy atom. The number of hydrogen-bond acceptors (Lipinski definition) is 4. The molecule has 0 aliphatic heterocycles. The van der Waals surface area contributed by atoms with Crippen LogP contribution in [0.15, 0.2) is 48.5 Å². The van der Waals surface area contributed by atoms with Crippen LogP contribution in [0.2, 0.25) is 0 Å². The van der Waals surface area contributed by atoms with E-state index in [1.807, 2.05) is 31.2 Å². The molecule has 0 spiro atoms. The van der Waals surface area contributed by atoms with Crippen molar-refractivity contribution >= 4 is 16.8 Å². The summed E-state index contributed by atoms with van der Waals surface area (Å²) in [6.45, 7) is 2.52. The Morgan fingerprint density at radius 3 is 2.52 bits per heavy atom. The second-order valence-corrected chi connectivity index (χ2v) is 6.21. The van der Waals surface area contributed by atoms with Crippen LogP contribution in [0.3, 0.4) is 0 Å². The van der Waals surface area contributed by atoms with Crippen molar-refractivity contribution in [2.24, 2.45) is 0 Å². The lowest BCUT2D eigenvalue weighted by molar-refractivity contribution is 0.0773. The summed E-state index contributed by atoms with van der Waals surface area (Å²) in [5.41, 5.74) is 2.00. The van der Waals surface area contributed by atoms with Crippen molar-refractivity contribution in [2.75, 3.05) is 27.3 Å². The lowest BCUT2D eigenvalue weighted by Crippen LogP contribution is -2.31. The number of rotatable bonds is 6. The topological polar surface area (TPSA) is 51.7 Å². The molecule has 0 fully saturated rings. The molecule has 1 aromatic heterocycles. The number of fused-ring (bicyclic) bond motifs is 1. The minimum absolute atomic E-state index is 0.125. The minimum Gasteiger partial charge on any atom is -0.497 e. The van der Waals surface area contributed by atoms with Crippen LogP contribution in [0.4, 0.5) is 4.39 Å². The molecule has 3 rings (SSSR count). The highest BCUT2D eigenvalue weighted by atomic mass is 19.1. The maximum absolute atomic E-state index is 12.9. The van der Waals surface area contributed by atoms with Crippen molar-refractivity contribution in [1.29, 1.82) is 0 Å². The van der Waals surface area contributed by atoms with Gasteiger partial charge in [0, 0.05) is 18.5 Å². The second-order valence-electron chi connectivity index (χ2n) is 6.21. The number of nitrogens with zero attached hydrogens (tertiary/aromatic N) is 2. The van der Waals surface area contributed by atoms with Crippen molar-refractivity contribution < 1.29 is 18.7 Å². The molecule has 0 aliphatic rings. The summed E-state index contributed by atoms with van der Waals surface area (Å²) >= 11 is 0. The van der Waals surface area contributed by atoms with E-state index in [4.69, 9.17) is 9.47 Å². The third kappa shape index (κ3) is 4.34. The molecular formula is C21H21FN2O3. The molecule has 0 radical (unpaired) electrons. The first-order valence-electron chi connectivity index (χ1n) is 8.57. The van der Waals surface area contributed by atoms with Gasteiger partial charge in [-0.3, -0.25) is 9.78 Å². The first-order valence-corrected chi connectivity index (χ1v) is 8.57. The van der Waals surface area contributed by atoms with Crippen molar-refractivity contribution in [2.45, 2.75) is 6.92 Å². The number of methoxy groups -OCH3 is 1. The fourth-order valence-corrected chi connectivity index (χ4v) is 2.73. The van der Waals surface area contributed by atoms with Crippen molar-refractivity contribution in [3.63, 3.8) is 0 Å². The second kappa shape index (κ2) is 8.03. The fraction of sp³-hybridized carbons (Fsp3) is 0.238. The van der Waals surface area contributed by atoms with Crippen LogP contribution >= 0.6 is 0 Å². The zero-order valence-corrected chi connectivity index (χ0v) is 15.5. The van der Waals surface area contributed by atoms with E-state index in [0.29, 0.717) is 30.2 Å². The largest absolute Gasteiger partial charge is 0.497 e. The van der Waals surface area contributed by atoms with Gasteiger partial charge in [-0.05, 0) is 49.4 Å². The van der Waals surface area contributed by atoms with Gasteiger partial charge in [-0.25, -0.2) is 4.39 Å². The molecule has 27 heavy (non-hydrogen) atoms. The number of aromatic nitrogens is 1. The molecule has 6 heteroatoms. The van der Waals surface area contributed by atoms with Gasteiger partial charge in [0.25, 0.3) is 5.91 Å².